The maximum absolute atomic E-state index is 12.3. The molecule has 2 nitrogen and oxygen atoms in total. The van der Waals surface area contributed by atoms with Gasteiger partial charge in [-0.2, -0.15) is 0 Å². The van der Waals surface area contributed by atoms with E-state index in [9.17, 15) is 8.42 Å². The van der Waals surface area contributed by atoms with Crippen molar-refractivity contribution >= 4 is 9.84 Å². The van der Waals surface area contributed by atoms with Gasteiger partial charge in [-0.25, -0.2) is 8.42 Å². The Labute approximate surface area is 153 Å². The van der Waals surface area contributed by atoms with Gasteiger partial charge in [-0.05, 0) is 61.8 Å². The molecule has 0 amide bonds. The van der Waals surface area contributed by atoms with Gasteiger partial charge >= 0.3 is 0 Å². The molecule has 0 aliphatic carbocycles. The lowest BCUT2D eigenvalue weighted by molar-refractivity contribution is 0.559. The summed E-state index contributed by atoms with van der Waals surface area (Å²) in [5, 5.41) is 0. The average Bonchev–Trinajstić information content (AvgIpc) is 2.53. The fraction of sp³-hybridized carbons (Fsp3) is 0.455. The fourth-order valence-electron chi connectivity index (χ4n) is 2.60. The number of sulfone groups is 1. The Kier molecular flexibility index (Phi) is 6.10. The molecule has 0 atom stereocenters. The topological polar surface area (TPSA) is 34.1 Å². The van der Waals surface area contributed by atoms with Crippen molar-refractivity contribution in [2.75, 3.05) is 0 Å². The summed E-state index contributed by atoms with van der Waals surface area (Å²) >= 11 is 0. The minimum absolute atomic E-state index is 0.105. The van der Waals surface area contributed by atoms with Gasteiger partial charge in [0.25, 0.3) is 0 Å². The number of aryl methyl sites for hydroxylation is 2. The molecule has 0 heterocycles. The summed E-state index contributed by atoms with van der Waals surface area (Å²) in [6.45, 7) is 9.66. The first kappa shape index (κ1) is 19.7. The van der Waals surface area contributed by atoms with E-state index >= 15 is 0 Å². The number of rotatable bonds is 6. The smallest absolute Gasteiger partial charge is 0.159 e. The highest BCUT2D eigenvalue weighted by atomic mass is 32.2. The predicted molar refractivity (Wildman–Crippen MR) is 107 cm³/mol. The molecule has 0 radical (unpaired) electrons. The molecule has 0 aliphatic rings. The molecule has 0 spiro atoms. The Balaban J connectivity index is 1.96. The van der Waals surface area contributed by atoms with Crippen molar-refractivity contribution in [1.29, 1.82) is 0 Å². The van der Waals surface area contributed by atoms with Crippen molar-refractivity contribution < 1.29 is 8.42 Å². The lowest BCUT2D eigenvalue weighted by Gasteiger charge is -2.19. The molecule has 0 aliphatic heterocycles. The zero-order chi connectivity index (χ0) is 18.7. The summed E-state index contributed by atoms with van der Waals surface area (Å²) in [4.78, 5) is 0. The van der Waals surface area contributed by atoms with Crippen LogP contribution < -0.4 is 0 Å². The lowest BCUT2D eigenvalue weighted by atomic mass is 9.99. The van der Waals surface area contributed by atoms with Gasteiger partial charge < -0.3 is 0 Å². The first-order valence-corrected chi connectivity index (χ1v) is 10.6. The van der Waals surface area contributed by atoms with Crippen LogP contribution in [0.3, 0.4) is 0 Å². The van der Waals surface area contributed by atoms with Crippen LogP contribution in [0, 0.1) is 0 Å². The van der Waals surface area contributed by atoms with Crippen molar-refractivity contribution in [3.05, 3.63) is 70.8 Å². The van der Waals surface area contributed by atoms with E-state index in [1.165, 1.54) is 16.7 Å². The zero-order valence-electron chi connectivity index (χ0n) is 16.0. The predicted octanol–water partition coefficient (Wildman–Crippen LogP) is 5.31. The van der Waals surface area contributed by atoms with Crippen LogP contribution in [0.15, 0.2) is 48.5 Å². The van der Waals surface area contributed by atoms with E-state index in [0.717, 1.165) is 18.4 Å². The van der Waals surface area contributed by atoms with Gasteiger partial charge in [-0.3, -0.25) is 0 Å². The van der Waals surface area contributed by atoms with Crippen LogP contribution in [-0.2, 0) is 28.4 Å². The molecule has 2 rings (SSSR count). The van der Waals surface area contributed by atoms with Gasteiger partial charge in [-0.1, -0.05) is 62.4 Å². The second-order valence-electron chi connectivity index (χ2n) is 8.08. The highest BCUT2D eigenvalue weighted by Gasteiger charge is 2.28. The summed E-state index contributed by atoms with van der Waals surface area (Å²) in [7, 11) is -3.13. The first-order valence-electron chi connectivity index (χ1n) is 8.97. The van der Waals surface area contributed by atoms with E-state index in [4.69, 9.17) is 0 Å². The average molecular weight is 359 g/mol. The molecule has 0 saturated heterocycles. The van der Waals surface area contributed by atoms with Gasteiger partial charge in [0.1, 0.15) is 0 Å². The maximum atomic E-state index is 12.3. The van der Waals surface area contributed by atoms with E-state index in [0.29, 0.717) is 5.92 Å². The van der Waals surface area contributed by atoms with Crippen molar-refractivity contribution in [2.45, 2.75) is 63.9 Å². The summed E-state index contributed by atoms with van der Waals surface area (Å²) < 4.78 is 23.9. The summed E-state index contributed by atoms with van der Waals surface area (Å²) in [5.41, 5.74) is 4.81. The molecule has 0 aromatic heterocycles. The number of hydrogen-bond acceptors (Lipinski definition) is 2. The molecule has 2 aromatic carbocycles. The van der Waals surface area contributed by atoms with Gasteiger partial charge in [0.15, 0.2) is 9.84 Å². The van der Waals surface area contributed by atoms with Gasteiger partial charge in [0, 0.05) is 0 Å². The van der Waals surface area contributed by atoms with E-state index in [1.54, 1.807) is 20.8 Å². The van der Waals surface area contributed by atoms with Crippen molar-refractivity contribution in [3.8, 4) is 0 Å². The molecule has 0 fully saturated rings. The molecule has 136 valence electrons. The molecule has 0 N–H and O–H groups in total. The fourth-order valence-corrected chi connectivity index (χ4v) is 3.66. The molecule has 0 unspecified atom stereocenters. The quantitative estimate of drug-likeness (QED) is 0.701. The molecule has 2 aromatic rings. The van der Waals surface area contributed by atoms with Crippen molar-refractivity contribution in [1.82, 2.24) is 0 Å². The van der Waals surface area contributed by atoms with Gasteiger partial charge in [0.2, 0.25) is 0 Å². The summed E-state index contributed by atoms with van der Waals surface area (Å²) in [6, 6.07) is 16.8. The van der Waals surface area contributed by atoms with E-state index < -0.39 is 14.6 Å². The van der Waals surface area contributed by atoms with Crippen LogP contribution in [-0.4, -0.2) is 13.2 Å². The molecular weight excluding hydrogens is 328 g/mol. The second kappa shape index (κ2) is 7.74. The van der Waals surface area contributed by atoms with Crippen LogP contribution in [0.1, 0.15) is 62.8 Å². The van der Waals surface area contributed by atoms with Gasteiger partial charge in [-0.15, -0.1) is 0 Å². The second-order valence-corrected chi connectivity index (χ2v) is 10.8. The van der Waals surface area contributed by atoms with E-state index in [-0.39, 0.29) is 5.75 Å². The van der Waals surface area contributed by atoms with Crippen LogP contribution >= 0.6 is 0 Å². The Morgan fingerprint density at radius 3 is 1.56 bits per heavy atom. The molecule has 0 bridgehead atoms. The zero-order valence-corrected chi connectivity index (χ0v) is 16.9. The number of benzene rings is 2. The molecule has 3 heteroatoms. The largest absolute Gasteiger partial charge is 0.228 e. The normalized spacial score (nSPS) is 12.6. The molecule has 0 saturated carbocycles. The monoisotopic (exact) mass is 358 g/mol. The Bertz CT molecular complexity index is 777. The van der Waals surface area contributed by atoms with Crippen LogP contribution in [0.5, 0.6) is 0 Å². The highest BCUT2D eigenvalue weighted by Crippen LogP contribution is 2.21. The Morgan fingerprint density at radius 2 is 1.16 bits per heavy atom. The third-order valence-electron chi connectivity index (χ3n) is 4.66. The standard InChI is InChI=1S/C22H30O2S/c1-17(2)21-14-12-19(13-15-21)7-6-18-8-10-20(11-9-18)16-25(23,24)22(3,4)5/h8-15,17H,6-7,16H2,1-5H3. The number of hydrogen-bond donors (Lipinski definition) is 0. The molecular formula is C22H30O2S. The van der Waals surface area contributed by atoms with Crippen molar-refractivity contribution in [2.24, 2.45) is 0 Å². The lowest BCUT2D eigenvalue weighted by Crippen LogP contribution is -2.29. The van der Waals surface area contributed by atoms with E-state index in [2.05, 4.69) is 50.2 Å². The first-order chi connectivity index (χ1) is 11.6. The van der Waals surface area contributed by atoms with E-state index in [1.807, 2.05) is 12.1 Å². The maximum Gasteiger partial charge on any atom is 0.159 e. The highest BCUT2D eigenvalue weighted by molar-refractivity contribution is 7.91. The van der Waals surface area contributed by atoms with Crippen molar-refractivity contribution in [3.63, 3.8) is 0 Å². The minimum atomic E-state index is -3.13. The third kappa shape index (κ3) is 5.43. The molecule has 25 heavy (non-hydrogen) atoms. The summed E-state index contributed by atoms with van der Waals surface area (Å²) in [6.07, 6.45) is 1.96. The van der Waals surface area contributed by atoms with Crippen LogP contribution in [0.25, 0.3) is 0 Å². The third-order valence-corrected chi connectivity index (χ3v) is 7.24. The summed E-state index contributed by atoms with van der Waals surface area (Å²) in [5.74, 6) is 0.666. The van der Waals surface area contributed by atoms with Crippen LogP contribution in [0.2, 0.25) is 0 Å². The SMILES string of the molecule is CC(C)c1ccc(CCc2ccc(CS(=O)(=O)C(C)(C)C)cc2)cc1. The van der Waals surface area contributed by atoms with Gasteiger partial charge in [0.05, 0.1) is 10.5 Å². The minimum Gasteiger partial charge on any atom is -0.228 e. The Morgan fingerprint density at radius 1 is 0.760 bits per heavy atom. The Hall–Kier alpha value is -1.61. The van der Waals surface area contributed by atoms with Crippen LogP contribution in [0.4, 0.5) is 0 Å².